The Kier molecular flexibility index (Phi) is 5.96. The van der Waals surface area contributed by atoms with Crippen LogP contribution in [0.3, 0.4) is 0 Å². The molecule has 132 valence electrons. The van der Waals surface area contributed by atoms with Gasteiger partial charge in [-0.1, -0.05) is 39.8 Å². The summed E-state index contributed by atoms with van der Waals surface area (Å²) < 4.78 is 0.988. The van der Waals surface area contributed by atoms with Crippen molar-refractivity contribution in [2.75, 3.05) is 11.1 Å². The van der Waals surface area contributed by atoms with Gasteiger partial charge in [-0.2, -0.15) is 0 Å². The van der Waals surface area contributed by atoms with Crippen LogP contribution in [0.4, 0.5) is 10.8 Å². The lowest BCUT2D eigenvalue weighted by Crippen LogP contribution is -2.13. The molecular formula is C16H11BrN4O3S2. The third-order valence-corrected chi connectivity index (χ3v) is 5.40. The third-order valence-electron chi connectivity index (χ3n) is 3.17. The van der Waals surface area contributed by atoms with E-state index < -0.39 is 4.92 Å². The molecule has 10 heteroatoms. The highest BCUT2D eigenvalue weighted by Crippen LogP contribution is 2.26. The van der Waals surface area contributed by atoms with Gasteiger partial charge in [0.2, 0.25) is 5.91 Å². The van der Waals surface area contributed by atoms with Gasteiger partial charge in [0.05, 0.1) is 21.4 Å². The van der Waals surface area contributed by atoms with Crippen molar-refractivity contribution in [3.63, 3.8) is 0 Å². The number of nitrogens with zero attached hydrogens (tertiary/aromatic N) is 3. The third kappa shape index (κ3) is 4.87. The zero-order chi connectivity index (χ0) is 18.5. The maximum Gasteiger partial charge on any atom is 0.287 e. The molecule has 2 aromatic heterocycles. The van der Waals surface area contributed by atoms with E-state index >= 15 is 0 Å². The van der Waals surface area contributed by atoms with Crippen molar-refractivity contribution in [2.24, 2.45) is 0 Å². The number of halogens is 1. The van der Waals surface area contributed by atoms with E-state index in [1.54, 1.807) is 0 Å². The highest BCUT2D eigenvalue weighted by atomic mass is 79.9. The van der Waals surface area contributed by atoms with Crippen LogP contribution in [0.1, 0.15) is 0 Å². The minimum absolute atomic E-state index is 0.0814. The van der Waals surface area contributed by atoms with Crippen molar-refractivity contribution < 1.29 is 9.72 Å². The number of thiazole rings is 1. The number of amides is 1. The van der Waals surface area contributed by atoms with Crippen LogP contribution in [-0.4, -0.2) is 26.6 Å². The predicted molar refractivity (Wildman–Crippen MR) is 105 cm³/mol. The fraction of sp³-hybridized carbons (Fsp3) is 0.0625. The van der Waals surface area contributed by atoms with Crippen molar-refractivity contribution in [2.45, 2.75) is 5.03 Å². The Morgan fingerprint density at radius 3 is 2.69 bits per heavy atom. The summed E-state index contributed by atoms with van der Waals surface area (Å²) in [4.78, 5) is 30.5. The summed E-state index contributed by atoms with van der Waals surface area (Å²) in [5.74, 6) is -0.0790. The quantitative estimate of drug-likeness (QED) is 0.334. The van der Waals surface area contributed by atoms with Gasteiger partial charge < -0.3 is 5.32 Å². The minimum atomic E-state index is -0.514. The fourth-order valence-electron chi connectivity index (χ4n) is 1.95. The van der Waals surface area contributed by atoms with Crippen molar-refractivity contribution in [3.8, 4) is 11.3 Å². The summed E-state index contributed by atoms with van der Waals surface area (Å²) in [6, 6.07) is 10.6. The molecule has 1 aromatic carbocycles. The molecule has 0 unspecified atom stereocenters. The molecule has 0 bridgehead atoms. The van der Waals surface area contributed by atoms with E-state index in [-0.39, 0.29) is 17.3 Å². The standard InChI is InChI=1S/C16H11BrN4O3S2/c17-11-3-1-10(2-4-11)13-8-26-16(19-13)20-14(22)9-25-15-6-5-12(7-18-15)21(23)24/h1-8H,9H2,(H,19,20,22). The fourth-order valence-corrected chi connectivity index (χ4v) is 3.59. The number of thioether (sulfide) groups is 1. The number of nitrogens with one attached hydrogen (secondary N) is 1. The Hall–Kier alpha value is -2.30. The Morgan fingerprint density at radius 2 is 2.04 bits per heavy atom. The number of carbonyl (C=O) groups excluding carboxylic acids is 1. The molecule has 2 heterocycles. The summed E-state index contributed by atoms with van der Waals surface area (Å²) in [7, 11) is 0. The number of aromatic nitrogens is 2. The van der Waals surface area contributed by atoms with E-state index in [4.69, 9.17) is 0 Å². The number of rotatable bonds is 6. The summed E-state index contributed by atoms with van der Waals surface area (Å²) in [6.07, 6.45) is 1.17. The molecule has 0 saturated carbocycles. The van der Waals surface area contributed by atoms with Crippen LogP contribution >= 0.6 is 39.0 Å². The molecule has 7 nitrogen and oxygen atoms in total. The lowest BCUT2D eigenvalue weighted by atomic mass is 10.2. The van der Waals surface area contributed by atoms with Gasteiger partial charge in [-0.3, -0.25) is 14.9 Å². The van der Waals surface area contributed by atoms with Crippen LogP contribution in [0.25, 0.3) is 11.3 Å². The number of benzene rings is 1. The van der Waals surface area contributed by atoms with E-state index in [1.165, 1.54) is 41.4 Å². The summed E-state index contributed by atoms with van der Waals surface area (Å²) in [6.45, 7) is 0. The van der Waals surface area contributed by atoms with Crippen molar-refractivity contribution in [3.05, 3.63) is 62.6 Å². The van der Waals surface area contributed by atoms with E-state index in [2.05, 4.69) is 31.2 Å². The lowest BCUT2D eigenvalue weighted by molar-refractivity contribution is -0.385. The molecule has 0 radical (unpaired) electrons. The number of hydrogen-bond acceptors (Lipinski definition) is 7. The first-order chi connectivity index (χ1) is 12.5. The zero-order valence-electron chi connectivity index (χ0n) is 13.1. The first-order valence-corrected chi connectivity index (χ1v) is 9.91. The largest absolute Gasteiger partial charge is 0.301 e. The molecule has 3 rings (SSSR count). The van der Waals surface area contributed by atoms with E-state index in [0.717, 1.165) is 15.7 Å². The molecular weight excluding hydrogens is 440 g/mol. The molecule has 0 saturated heterocycles. The number of hydrogen-bond donors (Lipinski definition) is 1. The summed E-state index contributed by atoms with van der Waals surface area (Å²) >= 11 is 5.94. The van der Waals surface area contributed by atoms with Gasteiger partial charge in [0.15, 0.2) is 5.13 Å². The molecule has 0 fully saturated rings. The molecule has 0 aliphatic carbocycles. The van der Waals surface area contributed by atoms with Gasteiger partial charge in [0.1, 0.15) is 6.20 Å². The summed E-state index contributed by atoms with van der Waals surface area (Å²) in [5.41, 5.74) is 1.68. The Morgan fingerprint density at radius 1 is 1.27 bits per heavy atom. The van der Waals surface area contributed by atoms with Crippen LogP contribution in [0.5, 0.6) is 0 Å². The predicted octanol–water partition coefficient (Wildman–Crippen LogP) is 4.61. The smallest absolute Gasteiger partial charge is 0.287 e. The zero-order valence-corrected chi connectivity index (χ0v) is 16.3. The van der Waals surface area contributed by atoms with Crippen LogP contribution in [0, 0.1) is 10.1 Å². The Balaban J connectivity index is 1.55. The van der Waals surface area contributed by atoms with Gasteiger partial charge in [0.25, 0.3) is 5.69 Å². The SMILES string of the molecule is O=C(CSc1ccc([N+](=O)[O-])cn1)Nc1nc(-c2ccc(Br)cc2)cs1. The van der Waals surface area contributed by atoms with Gasteiger partial charge in [0, 0.05) is 21.5 Å². The Bertz CT molecular complexity index is 929. The van der Waals surface area contributed by atoms with E-state index in [1.807, 2.05) is 29.6 Å². The topological polar surface area (TPSA) is 98.0 Å². The molecule has 0 aliphatic rings. The average molecular weight is 451 g/mol. The second-order valence-electron chi connectivity index (χ2n) is 4.99. The molecule has 1 amide bonds. The van der Waals surface area contributed by atoms with E-state index in [9.17, 15) is 14.9 Å². The van der Waals surface area contributed by atoms with Gasteiger partial charge in [-0.15, -0.1) is 11.3 Å². The highest BCUT2D eigenvalue weighted by molar-refractivity contribution is 9.10. The van der Waals surface area contributed by atoms with Crippen LogP contribution in [-0.2, 0) is 4.79 Å². The average Bonchev–Trinajstić information content (AvgIpc) is 3.09. The van der Waals surface area contributed by atoms with Crippen LogP contribution in [0.15, 0.2) is 57.5 Å². The van der Waals surface area contributed by atoms with Crippen molar-refractivity contribution in [1.29, 1.82) is 0 Å². The number of carbonyl (C=O) groups is 1. The van der Waals surface area contributed by atoms with Crippen molar-refractivity contribution in [1.82, 2.24) is 9.97 Å². The molecule has 26 heavy (non-hydrogen) atoms. The molecule has 0 aliphatic heterocycles. The first kappa shape index (κ1) is 18.5. The number of pyridine rings is 1. The summed E-state index contributed by atoms with van der Waals surface area (Å²) in [5, 5.41) is 16.3. The second-order valence-corrected chi connectivity index (χ2v) is 7.76. The highest BCUT2D eigenvalue weighted by Gasteiger charge is 2.10. The van der Waals surface area contributed by atoms with Gasteiger partial charge in [-0.05, 0) is 18.2 Å². The first-order valence-electron chi connectivity index (χ1n) is 7.26. The van der Waals surface area contributed by atoms with Crippen molar-refractivity contribution >= 4 is 55.8 Å². The second kappa shape index (κ2) is 8.39. The molecule has 0 spiro atoms. The van der Waals surface area contributed by atoms with Crippen LogP contribution in [0.2, 0.25) is 0 Å². The van der Waals surface area contributed by atoms with Gasteiger partial charge >= 0.3 is 0 Å². The Labute approximate surface area is 165 Å². The number of anilines is 1. The monoisotopic (exact) mass is 450 g/mol. The normalized spacial score (nSPS) is 10.5. The minimum Gasteiger partial charge on any atom is -0.301 e. The van der Waals surface area contributed by atoms with E-state index in [0.29, 0.717) is 10.2 Å². The lowest BCUT2D eigenvalue weighted by Gasteiger charge is -2.01. The van der Waals surface area contributed by atoms with Gasteiger partial charge in [-0.25, -0.2) is 9.97 Å². The maximum absolute atomic E-state index is 12.0. The molecule has 3 aromatic rings. The maximum atomic E-state index is 12.0. The molecule has 0 atom stereocenters. The molecule has 1 N–H and O–H groups in total. The number of nitro groups is 1. The van der Waals surface area contributed by atoms with Crippen LogP contribution < -0.4 is 5.32 Å².